The largest absolute Gasteiger partial charge is 0.512 e. The van der Waals surface area contributed by atoms with E-state index in [9.17, 15) is 9.90 Å². The Labute approximate surface area is 258 Å². The Morgan fingerprint density at radius 1 is 0.805 bits per heavy atom. The first-order valence-electron chi connectivity index (χ1n) is 13.8. The van der Waals surface area contributed by atoms with Gasteiger partial charge in [0.15, 0.2) is 5.78 Å². The number of benzene rings is 4. The maximum Gasteiger partial charge on any atom is 0.164 e. The zero-order valence-electron chi connectivity index (χ0n) is 25.6. The predicted molar refractivity (Wildman–Crippen MR) is 170 cm³/mol. The fourth-order valence-electron chi connectivity index (χ4n) is 4.87. The second-order valence-electron chi connectivity index (χ2n) is 12.8. The van der Waals surface area contributed by atoms with Crippen LogP contribution in [0.4, 0.5) is 0 Å². The molecule has 0 saturated heterocycles. The zero-order valence-corrected chi connectivity index (χ0v) is 28.0. The molecule has 1 aromatic heterocycles. The topological polar surface area (TPSA) is 50.2 Å². The monoisotopic (exact) mass is 723 g/mol. The van der Waals surface area contributed by atoms with Gasteiger partial charge in [-0.15, -0.1) is 34.9 Å². The van der Waals surface area contributed by atoms with Crippen LogP contribution in [0.5, 0.6) is 0 Å². The molecule has 4 aromatic carbocycles. The molecule has 1 radical (unpaired) electrons. The summed E-state index contributed by atoms with van der Waals surface area (Å²) >= 11 is 0. The number of pyridine rings is 1. The van der Waals surface area contributed by atoms with Crippen molar-refractivity contribution in [2.75, 3.05) is 0 Å². The molecule has 0 unspecified atom stereocenters. The van der Waals surface area contributed by atoms with E-state index in [4.69, 9.17) is 4.98 Å². The SMILES string of the molecule is CC(C)(C)C(=O)/C=C(\O)C(C)(C)C.Cc1[c-]c(-c2nccc3c2ccc2c4ccccc4cc(C)c32)cc(C)c1.[Ir]. The molecule has 0 amide bonds. The first-order valence-corrected chi connectivity index (χ1v) is 13.8. The van der Waals surface area contributed by atoms with E-state index in [1.165, 1.54) is 49.5 Å². The summed E-state index contributed by atoms with van der Waals surface area (Å²) in [6.07, 6.45) is 3.26. The molecule has 0 bridgehead atoms. The van der Waals surface area contributed by atoms with Gasteiger partial charge in [0, 0.05) is 43.2 Å². The Morgan fingerprint density at radius 2 is 1.44 bits per heavy atom. The van der Waals surface area contributed by atoms with Gasteiger partial charge in [-0.05, 0) is 56.6 Å². The maximum atomic E-state index is 11.5. The van der Waals surface area contributed by atoms with Gasteiger partial charge in [-0.1, -0.05) is 97.9 Å². The number of hydrogen-bond acceptors (Lipinski definition) is 3. The van der Waals surface area contributed by atoms with Gasteiger partial charge in [0.2, 0.25) is 0 Å². The molecule has 0 aliphatic heterocycles. The number of aliphatic hydroxyl groups is 1. The van der Waals surface area contributed by atoms with E-state index in [2.05, 4.69) is 87.5 Å². The summed E-state index contributed by atoms with van der Waals surface area (Å²) in [6, 6.07) is 25.3. The van der Waals surface area contributed by atoms with Crippen molar-refractivity contribution in [1.82, 2.24) is 4.98 Å². The summed E-state index contributed by atoms with van der Waals surface area (Å²) in [5.41, 5.74) is 5.00. The van der Waals surface area contributed by atoms with Gasteiger partial charge in [0.25, 0.3) is 0 Å². The average molecular weight is 723 g/mol. The number of fused-ring (bicyclic) bond motifs is 5. The van der Waals surface area contributed by atoms with Crippen LogP contribution in [0.3, 0.4) is 0 Å². The fourth-order valence-corrected chi connectivity index (χ4v) is 4.87. The molecule has 215 valence electrons. The smallest absolute Gasteiger partial charge is 0.164 e. The number of aliphatic hydroxyl groups excluding tert-OH is 1. The normalized spacial score (nSPS) is 12.2. The van der Waals surface area contributed by atoms with Gasteiger partial charge >= 0.3 is 0 Å². The van der Waals surface area contributed by atoms with E-state index in [0.717, 1.165) is 16.8 Å². The standard InChI is InChI=1S/C26H20N.C11H20O2.Ir/c1-16-12-17(2)14-20(13-16)26-24-9-8-22-21-7-5-4-6-19(21)15-18(3)25(22)23(24)10-11-27-26;1-10(2,3)8(12)7-9(13)11(4,5)6;/h4-13,15H,1-3H3;7,12H,1-6H3;/q-1;;/b;8-7-;. The molecule has 0 atom stereocenters. The molecule has 0 saturated carbocycles. The molecule has 1 heterocycles. The van der Waals surface area contributed by atoms with Gasteiger partial charge in [-0.2, -0.15) is 0 Å². The van der Waals surface area contributed by atoms with Crippen molar-refractivity contribution in [2.45, 2.75) is 62.3 Å². The van der Waals surface area contributed by atoms with Crippen molar-refractivity contribution in [3.63, 3.8) is 0 Å². The summed E-state index contributed by atoms with van der Waals surface area (Å²) in [6.45, 7) is 17.5. The van der Waals surface area contributed by atoms with Crippen molar-refractivity contribution in [1.29, 1.82) is 0 Å². The number of aromatic nitrogens is 1. The third-order valence-corrected chi connectivity index (χ3v) is 7.14. The minimum atomic E-state index is -0.417. The van der Waals surface area contributed by atoms with Gasteiger partial charge in [-0.25, -0.2) is 0 Å². The first-order chi connectivity index (χ1) is 18.7. The average Bonchev–Trinajstić information content (AvgIpc) is 2.86. The summed E-state index contributed by atoms with van der Waals surface area (Å²) in [5.74, 6) is 0.104. The van der Waals surface area contributed by atoms with Gasteiger partial charge in [0.1, 0.15) is 5.76 Å². The molecule has 0 aliphatic rings. The van der Waals surface area contributed by atoms with Crippen LogP contribution >= 0.6 is 0 Å². The zero-order chi connectivity index (χ0) is 29.4. The van der Waals surface area contributed by atoms with Crippen LogP contribution in [0.1, 0.15) is 58.2 Å². The number of hydrogen-bond donors (Lipinski definition) is 1. The number of carbonyl (C=O) groups is 1. The van der Waals surface area contributed by atoms with Crippen LogP contribution in [0, 0.1) is 37.7 Å². The quantitative estimate of drug-likeness (QED) is 0.0855. The van der Waals surface area contributed by atoms with Gasteiger partial charge in [-0.3, -0.25) is 4.79 Å². The number of aryl methyl sites for hydroxylation is 3. The summed E-state index contributed by atoms with van der Waals surface area (Å²) in [5, 5.41) is 17.2. The van der Waals surface area contributed by atoms with Gasteiger partial charge in [0.05, 0.1) is 0 Å². The molecule has 0 spiro atoms. The van der Waals surface area contributed by atoms with E-state index in [0.29, 0.717) is 0 Å². The van der Waals surface area contributed by atoms with Crippen LogP contribution in [-0.4, -0.2) is 15.9 Å². The molecule has 0 aliphatic carbocycles. The van der Waals surface area contributed by atoms with E-state index < -0.39 is 5.41 Å². The Hall–Kier alpha value is -3.33. The number of carbonyl (C=O) groups excluding carboxylic acids is 1. The summed E-state index contributed by atoms with van der Waals surface area (Å²) in [4.78, 5) is 16.2. The fraction of sp³-hybridized carbons (Fsp3) is 0.297. The van der Waals surface area contributed by atoms with Crippen LogP contribution in [0.25, 0.3) is 43.6 Å². The van der Waals surface area contributed by atoms with E-state index in [1.807, 2.05) is 47.7 Å². The third kappa shape index (κ3) is 7.12. The van der Waals surface area contributed by atoms with Crippen molar-refractivity contribution in [2.24, 2.45) is 10.8 Å². The van der Waals surface area contributed by atoms with Crippen LogP contribution in [-0.2, 0) is 24.9 Å². The minimum Gasteiger partial charge on any atom is -0.512 e. The first kappa shape index (κ1) is 32.2. The van der Waals surface area contributed by atoms with Crippen molar-refractivity contribution in [3.05, 3.63) is 101 Å². The third-order valence-electron chi connectivity index (χ3n) is 7.14. The molecule has 1 N–H and O–H groups in total. The van der Waals surface area contributed by atoms with Crippen LogP contribution < -0.4 is 0 Å². The molecular formula is C37H40IrNO2-. The van der Waals surface area contributed by atoms with Crippen LogP contribution in [0.2, 0.25) is 0 Å². The van der Waals surface area contributed by atoms with Crippen molar-refractivity contribution in [3.8, 4) is 11.3 Å². The molecule has 0 fully saturated rings. The number of nitrogens with zero attached hydrogens (tertiary/aromatic N) is 1. The van der Waals surface area contributed by atoms with E-state index in [-0.39, 0.29) is 37.1 Å². The summed E-state index contributed by atoms with van der Waals surface area (Å²) in [7, 11) is 0. The molecular weight excluding hydrogens is 683 g/mol. The predicted octanol–water partition coefficient (Wildman–Crippen LogP) is 10.0. The van der Waals surface area contributed by atoms with Crippen molar-refractivity contribution >= 4 is 38.1 Å². The minimum absolute atomic E-state index is 0. The number of allylic oxidation sites excluding steroid dienone is 2. The second kappa shape index (κ2) is 12.3. The molecule has 4 heteroatoms. The Balaban J connectivity index is 0.000000284. The van der Waals surface area contributed by atoms with Crippen molar-refractivity contribution < 1.29 is 30.0 Å². The summed E-state index contributed by atoms with van der Waals surface area (Å²) < 4.78 is 0. The number of ketones is 1. The Bertz CT molecular complexity index is 1750. The number of rotatable bonds is 2. The maximum absolute atomic E-state index is 11.5. The van der Waals surface area contributed by atoms with Gasteiger partial charge < -0.3 is 10.1 Å². The van der Waals surface area contributed by atoms with Crippen LogP contribution in [0.15, 0.2) is 78.7 Å². The van der Waals surface area contributed by atoms with E-state index >= 15 is 0 Å². The molecule has 41 heavy (non-hydrogen) atoms. The molecule has 5 rings (SSSR count). The molecule has 5 aromatic rings. The Kier molecular flexibility index (Phi) is 9.63. The van der Waals surface area contributed by atoms with E-state index in [1.54, 1.807) is 0 Å². The molecule has 3 nitrogen and oxygen atoms in total. The second-order valence-corrected chi connectivity index (χ2v) is 12.8. The Morgan fingerprint density at radius 3 is 2.07 bits per heavy atom.